The summed E-state index contributed by atoms with van der Waals surface area (Å²) < 4.78 is 1.87. The first-order valence-corrected chi connectivity index (χ1v) is 8.90. The van der Waals surface area contributed by atoms with E-state index in [0.717, 1.165) is 24.7 Å². The van der Waals surface area contributed by atoms with Gasteiger partial charge in [-0.2, -0.15) is 5.10 Å². The first-order chi connectivity index (χ1) is 11.2. The molecule has 1 aromatic heterocycles. The lowest BCUT2D eigenvalue weighted by molar-refractivity contribution is 0.201. The second-order valence-corrected chi connectivity index (χ2v) is 6.49. The maximum atomic E-state index is 4.66. The molecule has 1 aliphatic rings. The molecule has 0 bridgehead atoms. The normalized spacial score (nSPS) is 18.0. The van der Waals surface area contributed by atoms with Crippen LogP contribution in [0.15, 0.2) is 17.3 Å². The summed E-state index contributed by atoms with van der Waals surface area (Å²) in [6, 6.07) is 2.01. The zero-order chi connectivity index (χ0) is 16.5. The molecule has 130 valence electrons. The van der Waals surface area contributed by atoms with E-state index in [1.54, 1.807) is 0 Å². The highest BCUT2D eigenvalue weighted by Gasteiger charge is 2.13. The van der Waals surface area contributed by atoms with Crippen molar-refractivity contribution in [3.8, 4) is 0 Å². The Labute approximate surface area is 140 Å². The number of aryl methyl sites for hydroxylation is 1. The van der Waals surface area contributed by atoms with Crippen LogP contribution in [0.5, 0.6) is 0 Å². The van der Waals surface area contributed by atoms with E-state index in [2.05, 4.69) is 39.5 Å². The zero-order valence-corrected chi connectivity index (χ0v) is 14.9. The van der Waals surface area contributed by atoms with Crippen LogP contribution in [-0.2, 0) is 13.6 Å². The lowest BCUT2D eigenvalue weighted by Crippen LogP contribution is -2.42. The standard InChI is InChI=1S/C17H32N6/c1-4-18-17(20-13-16-8-9-21-22(16)3)19-12-15(2)14-23-10-6-5-7-11-23/h8-9,15H,4-7,10-14H2,1-3H3,(H2,18,19,20). The number of aromatic nitrogens is 2. The molecule has 6 nitrogen and oxygen atoms in total. The van der Waals surface area contributed by atoms with Crippen LogP contribution in [0.2, 0.25) is 0 Å². The molecule has 1 fully saturated rings. The summed E-state index contributed by atoms with van der Waals surface area (Å²) in [5.74, 6) is 1.51. The fourth-order valence-corrected chi connectivity index (χ4v) is 2.98. The van der Waals surface area contributed by atoms with Crippen molar-refractivity contribution in [2.24, 2.45) is 18.0 Å². The van der Waals surface area contributed by atoms with E-state index in [9.17, 15) is 0 Å². The Kier molecular flexibility index (Phi) is 7.39. The molecule has 0 saturated carbocycles. The van der Waals surface area contributed by atoms with Crippen LogP contribution in [0.1, 0.15) is 38.8 Å². The number of hydrogen-bond donors (Lipinski definition) is 2. The summed E-state index contributed by atoms with van der Waals surface area (Å²) in [4.78, 5) is 7.25. The molecule has 1 atom stereocenters. The number of nitrogens with one attached hydrogen (secondary N) is 2. The molecule has 23 heavy (non-hydrogen) atoms. The largest absolute Gasteiger partial charge is 0.357 e. The summed E-state index contributed by atoms with van der Waals surface area (Å²) in [6.45, 7) is 10.6. The maximum absolute atomic E-state index is 4.66. The zero-order valence-electron chi connectivity index (χ0n) is 14.9. The van der Waals surface area contributed by atoms with Gasteiger partial charge >= 0.3 is 0 Å². The Morgan fingerprint density at radius 2 is 2.09 bits per heavy atom. The molecule has 0 aromatic carbocycles. The molecule has 1 aliphatic heterocycles. The smallest absolute Gasteiger partial charge is 0.191 e. The second-order valence-electron chi connectivity index (χ2n) is 6.49. The average Bonchev–Trinajstić information content (AvgIpc) is 2.96. The predicted molar refractivity (Wildman–Crippen MR) is 95.5 cm³/mol. The molecule has 0 amide bonds. The van der Waals surface area contributed by atoms with Crippen molar-refractivity contribution in [2.45, 2.75) is 39.7 Å². The van der Waals surface area contributed by atoms with Gasteiger partial charge in [0.15, 0.2) is 5.96 Å². The Morgan fingerprint density at radius 3 is 2.74 bits per heavy atom. The van der Waals surface area contributed by atoms with Gasteiger partial charge in [0.05, 0.1) is 12.2 Å². The average molecular weight is 320 g/mol. The molecule has 2 N–H and O–H groups in total. The van der Waals surface area contributed by atoms with Crippen LogP contribution >= 0.6 is 0 Å². The van der Waals surface area contributed by atoms with Gasteiger partial charge in [0.25, 0.3) is 0 Å². The third kappa shape index (κ3) is 6.22. The fraction of sp³-hybridized carbons (Fsp3) is 0.765. The fourth-order valence-electron chi connectivity index (χ4n) is 2.98. The van der Waals surface area contributed by atoms with Crippen molar-refractivity contribution >= 4 is 5.96 Å². The van der Waals surface area contributed by atoms with Gasteiger partial charge in [0.2, 0.25) is 0 Å². The molecule has 0 spiro atoms. The van der Waals surface area contributed by atoms with Crippen LogP contribution in [0, 0.1) is 5.92 Å². The summed E-state index contributed by atoms with van der Waals surface area (Å²) >= 11 is 0. The van der Waals surface area contributed by atoms with Crippen molar-refractivity contribution in [3.63, 3.8) is 0 Å². The molecular formula is C17H32N6. The van der Waals surface area contributed by atoms with Crippen LogP contribution in [-0.4, -0.2) is 53.4 Å². The van der Waals surface area contributed by atoms with Crippen LogP contribution in [0.4, 0.5) is 0 Å². The van der Waals surface area contributed by atoms with E-state index in [-0.39, 0.29) is 0 Å². The summed E-state index contributed by atoms with van der Waals surface area (Å²) in [5, 5.41) is 11.0. The highest BCUT2D eigenvalue weighted by molar-refractivity contribution is 5.79. The molecular weight excluding hydrogens is 288 g/mol. The third-order valence-electron chi connectivity index (χ3n) is 4.30. The lowest BCUT2D eigenvalue weighted by Gasteiger charge is -2.29. The molecule has 6 heteroatoms. The van der Waals surface area contributed by atoms with Crippen LogP contribution in [0.3, 0.4) is 0 Å². The molecule has 2 rings (SSSR count). The number of likely N-dealkylation sites (tertiary alicyclic amines) is 1. The van der Waals surface area contributed by atoms with E-state index in [0.29, 0.717) is 12.5 Å². The summed E-state index contributed by atoms with van der Waals surface area (Å²) in [7, 11) is 1.95. The molecule has 1 aromatic rings. The van der Waals surface area contributed by atoms with Gasteiger partial charge in [-0.15, -0.1) is 0 Å². The summed E-state index contributed by atoms with van der Waals surface area (Å²) in [5.41, 5.74) is 1.11. The second kappa shape index (κ2) is 9.55. The molecule has 0 radical (unpaired) electrons. The van der Waals surface area contributed by atoms with Crippen LogP contribution < -0.4 is 10.6 Å². The molecule has 1 unspecified atom stereocenters. The van der Waals surface area contributed by atoms with Crippen molar-refractivity contribution in [2.75, 3.05) is 32.7 Å². The third-order valence-corrected chi connectivity index (χ3v) is 4.30. The van der Waals surface area contributed by atoms with Crippen molar-refractivity contribution in [1.29, 1.82) is 0 Å². The highest BCUT2D eigenvalue weighted by atomic mass is 15.3. The highest BCUT2D eigenvalue weighted by Crippen LogP contribution is 2.10. The number of piperidine rings is 1. The van der Waals surface area contributed by atoms with Gasteiger partial charge in [0, 0.05) is 32.9 Å². The predicted octanol–water partition coefficient (Wildman–Crippen LogP) is 1.60. The number of nitrogens with zero attached hydrogens (tertiary/aromatic N) is 4. The Balaban J connectivity index is 1.77. The Bertz CT molecular complexity index is 475. The molecule has 0 aliphatic carbocycles. The minimum Gasteiger partial charge on any atom is -0.357 e. The number of guanidine groups is 1. The first-order valence-electron chi connectivity index (χ1n) is 8.90. The van der Waals surface area contributed by atoms with Crippen molar-refractivity contribution < 1.29 is 0 Å². The van der Waals surface area contributed by atoms with E-state index in [1.165, 1.54) is 38.9 Å². The minimum absolute atomic E-state index is 0.619. The number of rotatable bonds is 7. The number of hydrogen-bond acceptors (Lipinski definition) is 3. The van der Waals surface area contributed by atoms with Crippen molar-refractivity contribution in [1.82, 2.24) is 25.3 Å². The van der Waals surface area contributed by atoms with Crippen LogP contribution in [0.25, 0.3) is 0 Å². The van der Waals surface area contributed by atoms with E-state index >= 15 is 0 Å². The van der Waals surface area contributed by atoms with Gasteiger partial charge < -0.3 is 15.5 Å². The van der Waals surface area contributed by atoms with Crippen molar-refractivity contribution in [3.05, 3.63) is 18.0 Å². The van der Waals surface area contributed by atoms with Gasteiger partial charge in [-0.25, -0.2) is 4.99 Å². The quantitative estimate of drug-likeness (QED) is 0.592. The molecule has 1 saturated heterocycles. The van der Waals surface area contributed by atoms with E-state index < -0.39 is 0 Å². The Hall–Kier alpha value is -1.56. The SMILES string of the molecule is CCNC(=NCc1ccnn1C)NCC(C)CN1CCCCC1. The van der Waals surface area contributed by atoms with Gasteiger partial charge in [-0.3, -0.25) is 4.68 Å². The molecule has 2 heterocycles. The maximum Gasteiger partial charge on any atom is 0.191 e. The monoisotopic (exact) mass is 320 g/mol. The lowest BCUT2D eigenvalue weighted by atomic mass is 10.1. The van der Waals surface area contributed by atoms with E-state index in [1.807, 2.05) is 24.0 Å². The van der Waals surface area contributed by atoms with E-state index in [4.69, 9.17) is 0 Å². The number of aliphatic imine (C=N–C) groups is 1. The topological polar surface area (TPSA) is 57.5 Å². The summed E-state index contributed by atoms with van der Waals surface area (Å²) in [6.07, 6.45) is 5.92. The Morgan fingerprint density at radius 1 is 1.30 bits per heavy atom. The van der Waals surface area contributed by atoms with Gasteiger partial charge in [-0.05, 0) is 44.8 Å². The minimum atomic E-state index is 0.619. The van der Waals surface area contributed by atoms with Gasteiger partial charge in [0.1, 0.15) is 0 Å². The first kappa shape index (κ1) is 17.8. The van der Waals surface area contributed by atoms with Gasteiger partial charge in [-0.1, -0.05) is 13.3 Å².